The number of aromatic nitrogens is 1. The molecule has 0 saturated carbocycles. The van der Waals surface area contributed by atoms with E-state index in [4.69, 9.17) is 0 Å². The maximum atomic E-state index is 12.8. The summed E-state index contributed by atoms with van der Waals surface area (Å²) >= 11 is 0. The lowest BCUT2D eigenvalue weighted by Gasteiger charge is -2.34. The zero-order valence-electron chi connectivity index (χ0n) is 15.4. The molecule has 1 fully saturated rings. The van der Waals surface area contributed by atoms with Gasteiger partial charge in [-0.15, -0.1) is 0 Å². The Hall–Kier alpha value is -2.40. The van der Waals surface area contributed by atoms with E-state index in [1.54, 1.807) is 16.5 Å². The van der Waals surface area contributed by atoms with Gasteiger partial charge in [-0.25, -0.2) is 0 Å². The third-order valence-electron chi connectivity index (χ3n) is 5.40. The van der Waals surface area contributed by atoms with E-state index in [0.29, 0.717) is 25.2 Å². The molecule has 0 bridgehead atoms. The number of piperidine rings is 1. The van der Waals surface area contributed by atoms with Gasteiger partial charge in [-0.2, -0.15) is 0 Å². The minimum Gasteiger partial charge on any atom is -0.392 e. The minimum absolute atomic E-state index is 0.107. The first-order valence-corrected chi connectivity index (χ1v) is 9.14. The molecule has 5 nitrogen and oxygen atoms in total. The Kier molecular flexibility index (Phi) is 5.57. The van der Waals surface area contributed by atoms with E-state index in [1.165, 1.54) is 12.1 Å². The Bertz CT molecular complexity index is 821. The van der Waals surface area contributed by atoms with Gasteiger partial charge in [-0.3, -0.25) is 9.59 Å². The summed E-state index contributed by atoms with van der Waals surface area (Å²) in [7, 11) is 1.80. The van der Waals surface area contributed by atoms with E-state index in [2.05, 4.69) is 0 Å². The van der Waals surface area contributed by atoms with Gasteiger partial charge < -0.3 is 14.6 Å². The molecule has 1 amide bonds. The third-order valence-corrected chi connectivity index (χ3v) is 5.40. The van der Waals surface area contributed by atoms with Gasteiger partial charge in [0.25, 0.3) is 5.91 Å². The number of aryl methyl sites for hydroxylation is 1. The van der Waals surface area contributed by atoms with E-state index < -0.39 is 6.10 Å². The SMILES string of the molecule is Cc1cc(=O)cc(C(=O)N2CCC([C@H](O)Cc3ccccc3)CC2)n1C. The maximum Gasteiger partial charge on any atom is 0.270 e. The van der Waals surface area contributed by atoms with Crippen LogP contribution in [-0.2, 0) is 13.5 Å². The molecule has 138 valence electrons. The number of nitrogens with zero attached hydrogens (tertiary/aromatic N) is 2. The molecular weight excluding hydrogens is 328 g/mol. The zero-order valence-corrected chi connectivity index (χ0v) is 15.4. The van der Waals surface area contributed by atoms with Gasteiger partial charge in [0.2, 0.25) is 0 Å². The van der Waals surface area contributed by atoms with Crippen LogP contribution < -0.4 is 5.43 Å². The number of amides is 1. The molecule has 5 heteroatoms. The van der Waals surface area contributed by atoms with Gasteiger partial charge in [0.15, 0.2) is 5.43 Å². The minimum atomic E-state index is -0.391. The first-order chi connectivity index (χ1) is 12.5. The summed E-state index contributed by atoms with van der Waals surface area (Å²) in [5.74, 6) is 0.0879. The number of likely N-dealkylation sites (tertiary alicyclic amines) is 1. The summed E-state index contributed by atoms with van der Waals surface area (Å²) in [5, 5.41) is 10.5. The second-order valence-corrected chi connectivity index (χ2v) is 7.16. The molecule has 1 aromatic heterocycles. The number of hydrogen-bond donors (Lipinski definition) is 1. The molecule has 26 heavy (non-hydrogen) atoms. The van der Waals surface area contributed by atoms with Crippen LogP contribution in [0.15, 0.2) is 47.3 Å². The van der Waals surface area contributed by atoms with E-state index in [1.807, 2.05) is 37.3 Å². The van der Waals surface area contributed by atoms with Gasteiger partial charge in [-0.05, 0) is 37.7 Å². The third kappa shape index (κ3) is 4.05. The van der Waals surface area contributed by atoms with Crippen LogP contribution in [0.2, 0.25) is 0 Å². The highest BCUT2D eigenvalue weighted by Crippen LogP contribution is 2.24. The van der Waals surface area contributed by atoms with Crippen molar-refractivity contribution < 1.29 is 9.90 Å². The average molecular weight is 354 g/mol. The predicted octanol–water partition coefficient (Wildman–Crippen LogP) is 2.15. The number of aliphatic hydroxyl groups excluding tert-OH is 1. The lowest BCUT2D eigenvalue weighted by molar-refractivity contribution is 0.0460. The lowest BCUT2D eigenvalue weighted by Crippen LogP contribution is -2.42. The summed E-state index contributed by atoms with van der Waals surface area (Å²) in [6.45, 7) is 3.04. The van der Waals surface area contributed by atoms with Crippen molar-refractivity contribution in [1.82, 2.24) is 9.47 Å². The molecule has 0 aliphatic carbocycles. The van der Waals surface area contributed by atoms with E-state index in [0.717, 1.165) is 24.1 Å². The number of hydrogen-bond acceptors (Lipinski definition) is 3. The summed E-state index contributed by atoms with van der Waals surface area (Å²) in [6.07, 6.45) is 1.81. The van der Waals surface area contributed by atoms with Gasteiger partial charge >= 0.3 is 0 Å². The highest BCUT2D eigenvalue weighted by atomic mass is 16.3. The molecular formula is C21H26N2O3. The van der Waals surface area contributed by atoms with Crippen molar-refractivity contribution in [3.63, 3.8) is 0 Å². The Balaban J connectivity index is 1.61. The number of aliphatic hydroxyl groups is 1. The van der Waals surface area contributed by atoms with Gasteiger partial charge in [-0.1, -0.05) is 30.3 Å². The first kappa shape index (κ1) is 18.4. The molecule has 0 radical (unpaired) electrons. The molecule has 0 unspecified atom stereocenters. The monoisotopic (exact) mass is 354 g/mol. The number of carbonyl (C=O) groups excluding carboxylic acids is 1. The van der Waals surface area contributed by atoms with Crippen LogP contribution in [0, 0.1) is 12.8 Å². The van der Waals surface area contributed by atoms with Crippen LogP contribution in [-0.4, -0.2) is 39.7 Å². The largest absolute Gasteiger partial charge is 0.392 e. The molecule has 1 aromatic carbocycles. The van der Waals surface area contributed by atoms with Crippen LogP contribution in [0.4, 0.5) is 0 Å². The predicted molar refractivity (Wildman–Crippen MR) is 101 cm³/mol. The van der Waals surface area contributed by atoms with Crippen LogP contribution >= 0.6 is 0 Å². The van der Waals surface area contributed by atoms with Crippen molar-refractivity contribution in [1.29, 1.82) is 0 Å². The fraction of sp³-hybridized carbons (Fsp3) is 0.429. The quantitative estimate of drug-likeness (QED) is 0.915. The highest BCUT2D eigenvalue weighted by molar-refractivity contribution is 5.92. The molecule has 3 rings (SSSR count). The molecule has 1 N–H and O–H groups in total. The normalized spacial score (nSPS) is 16.5. The number of benzene rings is 1. The van der Waals surface area contributed by atoms with Crippen LogP contribution in [0.1, 0.15) is 34.6 Å². The van der Waals surface area contributed by atoms with E-state index in [9.17, 15) is 14.7 Å². The fourth-order valence-electron chi connectivity index (χ4n) is 3.64. The fourth-order valence-corrected chi connectivity index (χ4v) is 3.64. The van der Waals surface area contributed by atoms with Crippen molar-refractivity contribution in [3.8, 4) is 0 Å². The molecule has 1 aliphatic rings. The van der Waals surface area contributed by atoms with Gasteiger partial charge in [0.05, 0.1) is 6.10 Å². The topological polar surface area (TPSA) is 62.5 Å². The van der Waals surface area contributed by atoms with Crippen molar-refractivity contribution >= 4 is 5.91 Å². The second kappa shape index (κ2) is 7.87. The first-order valence-electron chi connectivity index (χ1n) is 9.14. The smallest absolute Gasteiger partial charge is 0.270 e. The molecule has 1 aliphatic heterocycles. The number of pyridine rings is 1. The van der Waals surface area contributed by atoms with E-state index >= 15 is 0 Å². The van der Waals surface area contributed by atoms with Crippen LogP contribution in [0.3, 0.4) is 0 Å². The summed E-state index contributed by atoms with van der Waals surface area (Å²) in [4.78, 5) is 26.3. The van der Waals surface area contributed by atoms with Crippen LogP contribution in [0.25, 0.3) is 0 Å². The molecule has 1 saturated heterocycles. The van der Waals surface area contributed by atoms with Crippen molar-refractivity contribution in [2.24, 2.45) is 13.0 Å². The number of rotatable bonds is 4. The van der Waals surface area contributed by atoms with E-state index in [-0.39, 0.29) is 17.3 Å². The van der Waals surface area contributed by atoms with Crippen molar-refractivity contribution in [2.45, 2.75) is 32.3 Å². The lowest BCUT2D eigenvalue weighted by atomic mass is 9.88. The Labute approximate surface area is 153 Å². The molecule has 0 spiro atoms. The summed E-state index contributed by atoms with van der Waals surface area (Å²) in [5.41, 5.74) is 2.19. The van der Waals surface area contributed by atoms with Crippen molar-refractivity contribution in [3.05, 3.63) is 69.6 Å². The standard InChI is InChI=1S/C21H26N2O3/c1-15-12-18(24)14-19(22(15)2)21(26)23-10-8-17(9-11-23)20(25)13-16-6-4-3-5-7-16/h3-7,12,14,17,20,25H,8-11,13H2,1-2H3/t20-/m1/s1. The number of carbonyl (C=O) groups is 1. The Morgan fingerprint density at radius 1 is 1.19 bits per heavy atom. The van der Waals surface area contributed by atoms with Gasteiger partial charge in [0.1, 0.15) is 5.69 Å². The molecule has 2 heterocycles. The van der Waals surface area contributed by atoms with Gasteiger partial charge in [0, 0.05) is 38.0 Å². The van der Waals surface area contributed by atoms with Crippen molar-refractivity contribution in [2.75, 3.05) is 13.1 Å². The van der Waals surface area contributed by atoms with Crippen LogP contribution in [0.5, 0.6) is 0 Å². The maximum absolute atomic E-state index is 12.8. The highest BCUT2D eigenvalue weighted by Gasteiger charge is 2.28. The molecule has 2 aromatic rings. The molecule has 1 atom stereocenters. The Morgan fingerprint density at radius 3 is 2.50 bits per heavy atom. The summed E-state index contributed by atoms with van der Waals surface area (Å²) < 4.78 is 1.76. The zero-order chi connectivity index (χ0) is 18.7. The second-order valence-electron chi connectivity index (χ2n) is 7.16. The Morgan fingerprint density at radius 2 is 1.85 bits per heavy atom. The summed E-state index contributed by atoms with van der Waals surface area (Å²) in [6, 6.07) is 12.9. The average Bonchev–Trinajstić information content (AvgIpc) is 2.65.